The average molecular weight is 399 g/mol. The maximum atomic E-state index is 12.8. The topological polar surface area (TPSA) is 29.5 Å². The first-order valence-corrected chi connectivity index (χ1v) is 10.2. The third kappa shape index (κ3) is 5.49. The zero-order valence-electron chi connectivity index (χ0n) is 17.3. The minimum atomic E-state index is -4.31. The van der Waals surface area contributed by atoms with Crippen LogP contribution in [0.3, 0.4) is 0 Å². The Kier molecular flexibility index (Phi) is 7.54. The number of hydrogen-bond acceptors (Lipinski definition) is 3. The van der Waals surface area contributed by atoms with Crippen molar-refractivity contribution in [2.75, 3.05) is 19.7 Å². The van der Waals surface area contributed by atoms with Crippen LogP contribution in [0.2, 0.25) is 0 Å². The molecule has 28 heavy (non-hydrogen) atoms. The fraction of sp³-hybridized carbons (Fsp3) is 0.682. The van der Waals surface area contributed by atoms with Gasteiger partial charge in [0.25, 0.3) is 0 Å². The summed E-state index contributed by atoms with van der Waals surface area (Å²) in [4.78, 5) is 14.3. The molecule has 1 aromatic rings. The van der Waals surface area contributed by atoms with Crippen LogP contribution in [0.5, 0.6) is 0 Å². The van der Waals surface area contributed by atoms with Crippen molar-refractivity contribution in [2.45, 2.75) is 71.0 Å². The number of benzene rings is 1. The van der Waals surface area contributed by atoms with Gasteiger partial charge in [-0.3, -0.25) is 4.79 Å². The van der Waals surface area contributed by atoms with E-state index in [4.69, 9.17) is 4.74 Å². The highest BCUT2D eigenvalue weighted by atomic mass is 19.4. The molecule has 1 saturated heterocycles. The molecule has 2 rings (SSSR count). The van der Waals surface area contributed by atoms with Crippen molar-refractivity contribution < 1.29 is 22.7 Å². The quantitative estimate of drug-likeness (QED) is 0.573. The number of hydrogen-bond donors (Lipinski definition) is 0. The van der Waals surface area contributed by atoms with Gasteiger partial charge in [-0.15, -0.1) is 0 Å². The van der Waals surface area contributed by atoms with Crippen LogP contribution in [0, 0.1) is 5.92 Å². The second-order valence-electron chi connectivity index (χ2n) is 8.10. The van der Waals surface area contributed by atoms with Gasteiger partial charge in [0.2, 0.25) is 0 Å². The average Bonchev–Trinajstić information content (AvgIpc) is 2.67. The third-order valence-corrected chi connectivity index (χ3v) is 6.21. The molecule has 0 aromatic heterocycles. The fourth-order valence-corrected chi connectivity index (χ4v) is 4.15. The summed E-state index contributed by atoms with van der Waals surface area (Å²) in [5, 5.41) is 0. The van der Waals surface area contributed by atoms with E-state index in [2.05, 4.69) is 25.7 Å². The van der Waals surface area contributed by atoms with E-state index in [1.807, 2.05) is 6.92 Å². The van der Waals surface area contributed by atoms with Gasteiger partial charge in [0.15, 0.2) is 0 Å². The van der Waals surface area contributed by atoms with Crippen LogP contribution in [-0.4, -0.2) is 36.6 Å². The number of carbonyl (C=O) groups is 1. The minimum Gasteiger partial charge on any atom is -0.466 e. The van der Waals surface area contributed by atoms with E-state index in [1.54, 1.807) is 12.1 Å². The molecule has 0 bridgehead atoms. The van der Waals surface area contributed by atoms with Gasteiger partial charge in [0, 0.05) is 6.04 Å². The lowest BCUT2D eigenvalue weighted by Gasteiger charge is -2.40. The van der Waals surface area contributed by atoms with Gasteiger partial charge in [-0.1, -0.05) is 26.0 Å². The van der Waals surface area contributed by atoms with Crippen LogP contribution in [0.4, 0.5) is 13.2 Å². The highest BCUT2D eigenvalue weighted by Crippen LogP contribution is 2.37. The molecule has 0 amide bonds. The normalized spacial score (nSPS) is 19.8. The molecule has 2 unspecified atom stereocenters. The molecule has 1 aliphatic rings. The third-order valence-electron chi connectivity index (χ3n) is 6.21. The molecule has 0 spiro atoms. The summed E-state index contributed by atoms with van der Waals surface area (Å²) in [6.45, 7) is 10.3. The SMILES string of the molecule is CCOC(=O)C1CCN(C(C)CC(C)(CC)c2ccc(C(F)(F)F)cc2)CC1. The molecular formula is C22H32F3NO2. The van der Waals surface area contributed by atoms with E-state index in [0.29, 0.717) is 6.61 Å². The van der Waals surface area contributed by atoms with Gasteiger partial charge in [0.05, 0.1) is 18.1 Å². The van der Waals surface area contributed by atoms with Crippen LogP contribution < -0.4 is 0 Å². The number of esters is 1. The zero-order chi connectivity index (χ0) is 20.9. The van der Waals surface area contributed by atoms with Crippen LogP contribution in [0.1, 0.15) is 64.5 Å². The molecule has 0 aliphatic carbocycles. The molecule has 1 fully saturated rings. The summed E-state index contributed by atoms with van der Waals surface area (Å²) in [5.74, 6) is -0.117. The van der Waals surface area contributed by atoms with E-state index >= 15 is 0 Å². The molecule has 1 aliphatic heterocycles. The van der Waals surface area contributed by atoms with Crippen LogP contribution in [0.15, 0.2) is 24.3 Å². The number of piperidine rings is 1. The molecule has 2 atom stereocenters. The van der Waals surface area contributed by atoms with E-state index in [9.17, 15) is 18.0 Å². The van der Waals surface area contributed by atoms with Gasteiger partial charge in [-0.25, -0.2) is 0 Å². The highest BCUT2D eigenvalue weighted by molar-refractivity contribution is 5.72. The van der Waals surface area contributed by atoms with Crippen LogP contribution >= 0.6 is 0 Å². The molecule has 6 heteroatoms. The summed E-state index contributed by atoms with van der Waals surface area (Å²) < 4.78 is 43.7. The Labute approximate surface area is 166 Å². The predicted octanol–water partition coefficient (Wildman–Crippen LogP) is 5.43. The summed E-state index contributed by atoms with van der Waals surface area (Å²) in [6.07, 6.45) is -1.00. The predicted molar refractivity (Wildman–Crippen MR) is 104 cm³/mol. The Bertz CT molecular complexity index is 636. The Hall–Kier alpha value is -1.56. The summed E-state index contributed by atoms with van der Waals surface area (Å²) >= 11 is 0. The summed E-state index contributed by atoms with van der Waals surface area (Å²) in [6, 6.07) is 5.88. The van der Waals surface area contributed by atoms with Gasteiger partial charge in [-0.2, -0.15) is 13.2 Å². The number of likely N-dealkylation sites (tertiary alicyclic amines) is 1. The van der Waals surface area contributed by atoms with E-state index in [1.165, 1.54) is 12.1 Å². The first kappa shape index (κ1) is 22.7. The van der Waals surface area contributed by atoms with Crippen molar-refractivity contribution in [1.82, 2.24) is 4.90 Å². The summed E-state index contributed by atoms with van der Waals surface area (Å²) in [5.41, 5.74) is 0.140. The molecular weight excluding hydrogens is 367 g/mol. The van der Waals surface area contributed by atoms with Crippen LogP contribution in [0.25, 0.3) is 0 Å². The number of nitrogens with zero attached hydrogens (tertiary/aromatic N) is 1. The molecule has 3 nitrogen and oxygen atoms in total. The first-order valence-electron chi connectivity index (χ1n) is 10.2. The molecule has 1 heterocycles. The molecule has 0 saturated carbocycles. The van der Waals surface area contributed by atoms with Crippen molar-refractivity contribution in [3.05, 3.63) is 35.4 Å². The minimum absolute atomic E-state index is 0.0177. The van der Waals surface area contributed by atoms with Gasteiger partial charge >= 0.3 is 12.1 Å². The van der Waals surface area contributed by atoms with Crippen molar-refractivity contribution >= 4 is 5.97 Å². The lowest BCUT2D eigenvalue weighted by atomic mass is 9.74. The molecule has 0 N–H and O–H groups in total. The lowest BCUT2D eigenvalue weighted by Crippen LogP contribution is -2.44. The number of carbonyl (C=O) groups excluding carboxylic acids is 1. The molecule has 1 aromatic carbocycles. The second-order valence-corrected chi connectivity index (χ2v) is 8.10. The fourth-order valence-electron chi connectivity index (χ4n) is 4.15. The number of rotatable bonds is 7. The van der Waals surface area contributed by atoms with Crippen LogP contribution in [-0.2, 0) is 21.1 Å². The largest absolute Gasteiger partial charge is 0.466 e. The molecule has 0 radical (unpaired) electrons. The smallest absolute Gasteiger partial charge is 0.416 e. The van der Waals surface area contributed by atoms with E-state index < -0.39 is 11.7 Å². The van der Waals surface area contributed by atoms with E-state index in [-0.39, 0.29) is 23.3 Å². The Morgan fingerprint density at radius 1 is 1.14 bits per heavy atom. The zero-order valence-corrected chi connectivity index (χ0v) is 17.3. The van der Waals surface area contributed by atoms with Crippen molar-refractivity contribution in [3.63, 3.8) is 0 Å². The number of halogens is 3. The number of ether oxygens (including phenoxy) is 1. The highest BCUT2D eigenvalue weighted by Gasteiger charge is 2.34. The van der Waals surface area contributed by atoms with E-state index in [0.717, 1.165) is 44.3 Å². The van der Waals surface area contributed by atoms with Crippen molar-refractivity contribution in [1.29, 1.82) is 0 Å². The second kappa shape index (κ2) is 9.29. The van der Waals surface area contributed by atoms with Gasteiger partial charge in [-0.05, 0) is 75.7 Å². The number of alkyl halides is 3. The Balaban J connectivity index is 2.00. The Morgan fingerprint density at radius 2 is 1.68 bits per heavy atom. The standard InChI is InChI=1S/C22H32F3NO2/c1-5-21(4,18-7-9-19(10-8-18)22(23,24)25)15-16(3)26-13-11-17(12-14-26)20(27)28-6-2/h7-10,16-17H,5-6,11-15H2,1-4H3. The maximum Gasteiger partial charge on any atom is 0.416 e. The Morgan fingerprint density at radius 3 is 2.14 bits per heavy atom. The van der Waals surface area contributed by atoms with Crippen molar-refractivity contribution in [2.24, 2.45) is 5.92 Å². The first-order chi connectivity index (χ1) is 13.1. The lowest BCUT2D eigenvalue weighted by molar-refractivity contribution is -0.149. The monoisotopic (exact) mass is 399 g/mol. The maximum absolute atomic E-state index is 12.8. The molecule has 158 valence electrons. The van der Waals surface area contributed by atoms with Crippen molar-refractivity contribution in [3.8, 4) is 0 Å². The van der Waals surface area contributed by atoms with Gasteiger partial charge in [0.1, 0.15) is 0 Å². The summed E-state index contributed by atoms with van der Waals surface area (Å²) in [7, 11) is 0. The van der Waals surface area contributed by atoms with Gasteiger partial charge < -0.3 is 9.64 Å².